The Labute approximate surface area is 165 Å². The molecule has 0 radical (unpaired) electrons. The summed E-state index contributed by atoms with van der Waals surface area (Å²) < 4.78 is 4.15. The average Bonchev–Trinajstić information content (AvgIpc) is 3.38. The van der Waals surface area contributed by atoms with E-state index in [0.717, 1.165) is 62.2 Å². The van der Waals surface area contributed by atoms with Crippen LogP contribution in [0, 0.1) is 6.92 Å². The molecule has 1 aliphatic heterocycles. The second-order valence-electron chi connectivity index (χ2n) is 7.30. The zero-order valence-electron chi connectivity index (χ0n) is 16.9. The average molecular weight is 381 g/mol. The Balaban J connectivity index is 1.48. The maximum atomic E-state index is 4.72. The number of hydrogen-bond donors (Lipinski definition) is 0. The molecular weight excluding hydrogens is 352 g/mol. The lowest BCUT2D eigenvalue weighted by Gasteiger charge is -2.33. The normalized spacial score (nSPS) is 15.3. The Morgan fingerprint density at radius 3 is 2.64 bits per heavy atom. The SMILES string of the molecule is CCc1cnc(C)nc1N1CCC(c2nnc(Cn3cccn3)n2CC)CC1. The third-order valence-corrected chi connectivity index (χ3v) is 5.54. The monoisotopic (exact) mass is 380 g/mol. The molecule has 3 aromatic rings. The van der Waals surface area contributed by atoms with Gasteiger partial charge in [-0.05, 0) is 39.2 Å². The van der Waals surface area contributed by atoms with E-state index in [1.54, 1.807) is 6.20 Å². The molecule has 1 aliphatic rings. The summed E-state index contributed by atoms with van der Waals surface area (Å²) in [6.07, 6.45) is 8.80. The number of nitrogens with zero attached hydrogens (tertiary/aromatic N) is 8. The number of aromatic nitrogens is 7. The van der Waals surface area contributed by atoms with Crippen LogP contribution in [0.1, 0.15) is 55.6 Å². The van der Waals surface area contributed by atoms with Gasteiger partial charge in [-0.15, -0.1) is 10.2 Å². The maximum Gasteiger partial charge on any atom is 0.154 e. The largest absolute Gasteiger partial charge is 0.356 e. The lowest BCUT2D eigenvalue weighted by molar-refractivity contribution is 0.460. The van der Waals surface area contributed by atoms with Gasteiger partial charge in [0.15, 0.2) is 5.82 Å². The van der Waals surface area contributed by atoms with E-state index in [4.69, 9.17) is 4.98 Å². The smallest absolute Gasteiger partial charge is 0.154 e. The van der Waals surface area contributed by atoms with E-state index in [2.05, 4.69) is 43.6 Å². The highest BCUT2D eigenvalue weighted by atomic mass is 15.3. The van der Waals surface area contributed by atoms with Gasteiger partial charge in [0.05, 0.1) is 0 Å². The number of rotatable bonds is 6. The van der Waals surface area contributed by atoms with E-state index < -0.39 is 0 Å². The van der Waals surface area contributed by atoms with Crippen molar-refractivity contribution in [2.24, 2.45) is 0 Å². The first-order valence-corrected chi connectivity index (χ1v) is 10.2. The molecule has 1 fully saturated rings. The number of hydrogen-bond acceptors (Lipinski definition) is 6. The van der Waals surface area contributed by atoms with E-state index in [1.165, 1.54) is 5.56 Å². The van der Waals surface area contributed by atoms with Crippen molar-refractivity contribution in [2.45, 2.75) is 59.0 Å². The molecule has 4 heterocycles. The van der Waals surface area contributed by atoms with Gasteiger partial charge >= 0.3 is 0 Å². The minimum absolute atomic E-state index is 0.433. The molecular formula is C20H28N8. The first kappa shape index (κ1) is 18.6. The van der Waals surface area contributed by atoms with Gasteiger partial charge in [0.2, 0.25) is 0 Å². The van der Waals surface area contributed by atoms with Crippen molar-refractivity contribution in [3.63, 3.8) is 0 Å². The first-order valence-electron chi connectivity index (χ1n) is 10.2. The Hall–Kier alpha value is -2.77. The van der Waals surface area contributed by atoms with Gasteiger partial charge < -0.3 is 9.47 Å². The molecule has 1 saturated heterocycles. The summed E-state index contributed by atoms with van der Waals surface area (Å²) in [5.41, 5.74) is 1.22. The molecule has 3 aromatic heterocycles. The lowest BCUT2D eigenvalue weighted by atomic mass is 9.95. The molecule has 28 heavy (non-hydrogen) atoms. The molecule has 148 valence electrons. The van der Waals surface area contributed by atoms with Crippen LogP contribution < -0.4 is 4.90 Å². The van der Waals surface area contributed by atoms with Crippen molar-refractivity contribution in [3.05, 3.63) is 47.7 Å². The highest BCUT2D eigenvalue weighted by molar-refractivity contribution is 5.46. The second-order valence-corrected chi connectivity index (χ2v) is 7.30. The zero-order chi connectivity index (χ0) is 19.5. The van der Waals surface area contributed by atoms with Gasteiger partial charge in [-0.1, -0.05) is 6.92 Å². The molecule has 8 nitrogen and oxygen atoms in total. The summed E-state index contributed by atoms with van der Waals surface area (Å²) in [5, 5.41) is 13.3. The molecule has 0 N–H and O–H groups in total. The molecule has 0 unspecified atom stereocenters. The fourth-order valence-corrected chi connectivity index (χ4v) is 4.01. The molecule has 0 bridgehead atoms. The molecule has 0 atom stereocenters. The van der Waals surface area contributed by atoms with Crippen LogP contribution in [0.2, 0.25) is 0 Å². The third-order valence-electron chi connectivity index (χ3n) is 5.54. The van der Waals surface area contributed by atoms with Gasteiger partial charge in [-0.3, -0.25) is 4.68 Å². The van der Waals surface area contributed by atoms with E-state index in [9.17, 15) is 0 Å². The van der Waals surface area contributed by atoms with Crippen molar-refractivity contribution in [1.82, 2.24) is 34.5 Å². The maximum absolute atomic E-state index is 4.72. The third kappa shape index (κ3) is 3.63. The Morgan fingerprint density at radius 1 is 1.14 bits per heavy atom. The van der Waals surface area contributed by atoms with Crippen molar-refractivity contribution in [3.8, 4) is 0 Å². The molecule has 8 heteroatoms. The van der Waals surface area contributed by atoms with Crippen molar-refractivity contribution < 1.29 is 0 Å². The van der Waals surface area contributed by atoms with Crippen LogP contribution in [0.25, 0.3) is 0 Å². The molecule has 0 aliphatic carbocycles. The van der Waals surface area contributed by atoms with Gasteiger partial charge in [-0.2, -0.15) is 5.10 Å². The molecule has 0 saturated carbocycles. The topological polar surface area (TPSA) is 77.6 Å². The minimum Gasteiger partial charge on any atom is -0.356 e. The van der Waals surface area contributed by atoms with Crippen LogP contribution in [0.5, 0.6) is 0 Å². The number of anilines is 1. The van der Waals surface area contributed by atoms with Crippen LogP contribution in [-0.4, -0.2) is 47.6 Å². The summed E-state index contributed by atoms with van der Waals surface area (Å²) in [6, 6.07) is 1.93. The van der Waals surface area contributed by atoms with Gasteiger partial charge in [0, 0.05) is 49.7 Å². The van der Waals surface area contributed by atoms with E-state index >= 15 is 0 Å². The Kier molecular flexibility index (Phi) is 5.36. The highest BCUT2D eigenvalue weighted by Crippen LogP contribution is 2.30. The standard InChI is InChI=1S/C20H28N8/c1-4-16-13-21-15(3)23-19(16)26-11-7-17(8-12-26)20-25-24-18(28(20)5-2)14-27-10-6-9-22-27/h6,9-10,13,17H,4-5,7-8,11-12,14H2,1-3H3. The predicted octanol–water partition coefficient (Wildman–Crippen LogP) is 2.59. The molecule has 4 rings (SSSR count). The fourth-order valence-electron chi connectivity index (χ4n) is 4.01. The number of piperidine rings is 1. The Morgan fingerprint density at radius 2 is 1.96 bits per heavy atom. The van der Waals surface area contributed by atoms with Crippen LogP contribution in [0.15, 0.2) is 24.7 Å². The quantitative estimate of drug-likeness (QED) is 0.654. The summed E-state index contributed by atoms with van der Waals surface area (Å²) in [6.45, 7) is 9.79. The van der Waals surface area contributed by atoms with Gasteiger partial charge in [-0.25, -0.2) is 9.97 Å². The first-order chi connectivity index (χ1) is 13.7. The van der Waals surface area contributed by atoms with Gasteiger partial charge in [0.25, 0.3) is 0 Å². The minimum atomic E-state index is 0.433. The van der Waals surface area contributed by atoms with Crippen molar-refractivity contribution in [1.29, 1.82) is 0 Å². The van der Waals surface area contributed by atoms with E-state index in [-0.39, 0.29) is 0 Å². The van der Waals surface area contributed by atoms with Crippen molar-refractivity contribution >= 4 is 5.82 Å². The van der Waals surface area contributed by atoms with Crippen LogP contribution in [0.4, 0.5) is 5.82 Å². The van der Waals surface area contributed by atoms with E-state index in [1.807, 2.05) is 30.1 Å². The zero-order valence-corrected chi connectivity index (χ0v) is 16.9. The highest BCUT2D eigenvalue weighted by Gasteiger charge is 2.27. The molecule has 0 amide bonds. The second kappa shape index (κ2) is 8.08. The molecule has 0 aromatic carbocycles. The fraction of sp³-hybridized carbons (Fsp3) is 0.550. The van der Waals surface area contributed by atoms with Crippen LogP contribution >= 0.6 is 0 Å². The van der Waals surface area contributed by atoms with Gasteiger partial charge in [0.1, 0.15) is 24.0 Å². The lowest BCUT2D eigenvalue weighted by Crippen LogP contribution is -2.35. The Bertz CT molecular complexity index is 906. The van der Waals surface area contributed by atoms with E-state index in [0.29, 0.717) is 12.5 Å². The van der Waals surface area contributed by atoms with Crippen LogP contribution in [0.3, 0.4) is 0 Å². The molecule has 0 spiro atoms. The summed E-state index contributed by atoms with van der Waals surface area (Å²) in [4.78, 5) is 11.5. The van der Waals surface area contributed by atoms with Crippen molar-refractivity contribution in [2.75, 3.05) is 18.0 Å². The summed E-state index contributed by atoms with van der Waals surface area (Å²) in [7, 11) is 0. The summed E-state index contributed by atoms with van der Waals surface area (Å²) in [5.74, 6) is 4.46. The van der Waals surface area contributed by atoms with Crippen LogP contribution in [-0.2, 0) is 19.5 Å². The predicted molar refractivity (Wildman–Crippen MR) is 107 cm³/mol. The summed E-state index contributed by atoms with van der Waals surface area (Å²) >= 11 is 0. The number of aryl methyl sites for hydroxylation is 2.